The molecule has 0 spiro atoms. The molecule has 1 aromatic rings. The van der Waals surface area contributed by atoms with Crippen LogP contribution in [0.25, 0.3) is 0 Å². The molecule has 0 fully saturated rings. The summed E-state index contributed by atoms with van der Waals surface area (Å²) in [6, 6.07) is 3.82. The first-order valence-corrected chi connectivity index (χ1v) is 9.80. The van der Waals surface area contributed by atoms with Crippen molar-refractivity contribution < 1.29 is 14.3 Å². The maximum Gasteiger partial charge on any atom is 0.407 e. The van der Waals surface area contributed by atoms with Gasteiger partial charge in [-0.3, -0.25) is 0 Å². The van der Waals surface area contributed by atoms with Gasteiger partial charge in [0.25, 0.3) is 0 Å². The molecule has 0 aromatic carbocycles. The molecule has 1 rings (SSSR count). The number of carbonyl (C=O) groups is 1. The van der Waals surface area contributed by atoms with Crippen LogP contribution < -0.4 is 20.7 Å². The minimum atomic E-state index is -0.485. The van der Waals surface area contributed by atoms with Gasteiger partial charge in [-0.25, -0.2) is 14.8 Å². The summed E-state index contributed by atoms with van der Waals surface area (Å²) in [5.41, 5.74) is 0.515. The molecule has 29 heavy (non-hydrogen) atoms. The molecule has 0 aliphatic heterocycles. The number of carbonyl (C=O) groups excluding carboxylic acids is 1. The van der Waals surface area contributed by atoms with Crippen LogP contribution in [0.5, 0.6) is 5.88 Å². The first-order valence-electron chi connectivity index (χ1n) is 9.80. The molecule has 9 heteroatoms. The summed E-state index contributed by atoms with van der Waals surface area (Å²) >= 11 is 0. The highest BCUT2D eigenvalue weighted by Gasteiger charge is 2.15. The second-order valence-corrected chi connectivity index (χ2v) is 7.58. The van der Waals surface area contributed by atoms with E-state index in [4.69, 9.17) is 9.47 Å². The van der Waals surface area contributed by atoms with Gasteiger partial charge in [0, 0.05) is 31.9 Å². The summed E-state index contributed by atoms with van der Waals surface area (Å²) in [6.45, 7) is 14.0. The van der Waals surface area contributed by atoms with E-state index in [1.54, 1.807) is 6.20 Å². The van der Waals surface area contributed by atoms with Crippen molar-refractivity contribution in [2.75, 3.05) is 19.6 Å². The van der Waals surface area contributed by atoms with Gasteiger partial charge < -0.3 is 25.4 Å². The Kier molecular flexibility index (Phi) is 13.4. The van der Waals surface area contributed by atoms with Crippen molar-refractivity contribution in [3.05, 3.63) is 23.9 Å². The molecule has 0 saturated carbocycles. The quantitative estimate of drug-likeness (QED) is 0.199. The molecule has 0 unspecified atom stereocenters. The number of hydrogen-bond donors (Lipinski definition) is 3. The minimum Gasteiger partial charge on any atom is -0.475 e. The van der Waals surface area contributed by atoms with E-state index in [1.807, 2.05) is 53.7 Å². The van der Waals surface area contributed by atoms with Gasteiger partial charge in [-0.15, -0.1) is 24.0 Å². The highest BCUT2D eigenvalue weighted by molar-refractivity contribution is 14.0. The standard InChI is InChI=1S/C20H35N5O3.HI/c1-7-21-18(22-11-8-12-23-19(26)28-20(4,5)6)25-14-16-9-10-17(24-13-16)27-15(2)3;/h9-10,13,15H,7-8,11-12,14H2,1-6H3,(H,23,26)(H2,21,22,25);1H. The van der Waals surface area contributed by atoms with Gasteiger partial charge in [-0.1, -0.05) is 6.07 Å². The molecule has 0 radical (unpaired) electrons. The highest BCUT2D eigenvalue weighted by Crippen LogP contribution is 2.10. The van der Waals surface area contributed by atoms with Gasteiger partial charge in [-0.2, -0.15) is 0 Å². The maximum absolute atomic E-state index is 11.6. The zero-order valence-corrected chi connectivity index (χ0v) is 20.7. The van der Waals surface area contributed by atoms with E-state index < -0.39 is 11.7 Å². The predicted octanol–water partition coefficient (Wildman–Crippen LogP) is 3.46. The molecule has 0 bridgehead atoms. The fourth-order valence-electron chi connectivity index (χ4n) is 2.13. The molecule has 166 valence electrons. The van der Waals surface area contributed by atoms with Crippen molar-refractivity contribution >= 4 is 36.0 Å². The van der Waals surface area contributed by atoms with E-state index in [0.717, 1.165) is 24.5 Å². The maximum atomic E-state index is 11.6. The summed E-state index contributed by atoms with van der Waals surface area (Å²) in [5, 5.41) is 9.19. The first-order chi connectivity index (χ1) is 13.2. The normalized spacial score (nSPS) is 11.5. The molecule has 0 atom stereocenters. The van der Waals surface area contributed by atoms with E-state index in [-0.39, 0.29) is 30.1 Å². The van der Waals surface area contributed by atoms with Crippen molar-refractivity contribution in [2.45, 2.75) is 66.2 Å². The largest absolute Gasteiger partial charge is 0.475 e. The molecule has 1 amide bonds. The van der Waals surface area contributed by atoms with Crippen LogP contribution in [0.2, 0.25) is 0 Å². The molecule has 8 nitrogen and oxygen atoms in total. The number of aliphatic imine (C=N–C) groups is 1. The monoisotopic (exact) mass is 521 g/mol. The summed E-state index contributed by atoms with van der Waals surface area (Å²) in [6.07, 6.45) is 2.23. The third-order valence-electron chi connectivity index (χ3n) is 3.23. The van der Waals surface area contributed by atoms with Crippen LogP contribution in [0.4, 0.5) is 4.79 Å². The van der Waals surface area contributed by atoms with Gasteiger partial charge in [0.1, 0.15) is 5.60 Å². The Bertz CT molecular complexity index is 616. The minimum absolute atomic E-state index is 0. The Morgan fingerprint density at radius 3 is 2.41 bits per heavy atom. The third-order valence-corrected chi connectivity index (χ3v) is 3.23. The number of nitrogens with one attached hydrogen (secondary N) is 3. The fraction of sp³-hybridized carbons (Fsp3) is 0.650. The Morgan fingerprint density at radius 1 is 1.17 bits per heavy atom. The van der Waals surface area contributed by atoms with E-state index in [1.165, 1.54) is 0 Å². The number of aromatic nitrogens is 1. The molecular formula is C20H36IN5O3. The predicted molar refractivity (Wildman–Crippen MR) is 127 cm³/mol. The number of amides is 1. The third kappa shape index (κ3) is 13.9. The van der Waals surface area contributed by atoms with Crippen molar-refractivity contribution in [2.24, 2.45) is 4.99 Å². The van der Waals surface area contributed by atoms with E-state index in [9.17, 15) is 4.79 Å². The Hall–Kier alpha value is -1.78. The Morgan fingerprint density at radius 2 is 1.86 bits per heavy atom. The van der Waals surface area contributed by atoms with Gasteiger partial charge in [0.15, 0.2) is 5.96 Å². The van der Waals surface area contributed by atoms with Gasteiger partial charge in [0.05, 0.1) is 12.6 Å². The highest BCUT2D eigenvalue weighted by atomic mass is 127. The number of halogens is 1. The van der Waals surface area contributed by atoms with Crippen LogP contribution in [-0.2, 0) is 11.3 Å². The number of hydrogen-bond acceptors (Lipinski definition) is 5. The lowest BCUT2D eigenvalue weighted by Gasteiger charge is -2.19. The first kappa shape index (κ1) is 27.2. The number of nitrogens with zero attached hydrogens (tertiary/aromatic N) is 2. The van der Waals surface area contributed by atoms with Gasteiger partial charge in [-0.05, 0) is 53.5 Å². The summed E-state index contributed by atoms with van der Waals surface area (Å²) in [5.74, 6) is 1.34. The molecule has 0 saturated heterocycles. The molecule has 3 N–H and O–H groups in total. The molecule has 1 aromatic heterocycles. The van der Waals surface area contributed by atoms with E-state index in [0.29, 0.717) is 25.5 Å². The summed E-state index contributed by atoms with van der Waals surface area (Å²) < 4.78 is 10.7. The zero-order valence-electron chi connectivity index (χ0n) is 18.4. The van der Waals surface area contributed by atoms with Crippen molar-refractivity contribution in [1.82, 2.24) is 20.9 Å². The van der Waals surface area contributed by atoms with Crippen molar-refractivity contribution in [3.63, 3.8) is 0 Å². The number of alkyl carbamates (subject to hydrolysis) is 1. The summed E-state index contributed by atoms with van der Waals surface area (Å²) in [7, 11) is 0. The fourth-order valence-corrected chi connectivity index (χ4v) is 2.13. The number of pyridine rings is 1. The molecule has 1 heterocycles. The van der Waals surface area contributed by atoms with Crippen molar-refractivity contribution in [1.29, 1.82) is 0 Å². The SMILES string of the molecule is CCNC(=NCc1ccc(OC(C)C)nc1)NCCCNC(=O)OC(C)(C)C.I. The van der Waals surface area contributed by atoms with E-state index >= 15 is 0 Å². The number of guanidine groups is 1. The zero-order chi connectivity index (χ0) is 21.0. The topological polar surface area (TPSA) is 96.9 Å². The lowest BCUT2D eigenvalue weighted by molar-refractivity contribution is 0.0527. The molecule has 0 aliphatic carbocycles. The van der Waals surface area contributed by atoms with Crippen molar-refractivity contribution in [3.8, 4) is 5.88 Å². The van der Waals surface area contributed by atoms with Crippen LogP contribution in [0, 0.1) is 0 Å². The Balaban J connectivity index is 0.00000784. The van der Waals surface area contributed by atoms with Crippen LogP contribution in [0.3, 0.4) is 0 Å². The average molecular weight is 521 g/mol. The van der Waals surface area contributed by atoms with Gasteiger partial charge >= 0.3 is 6.09 Å². The average Bonchev–Trinajstić information content (AvgIpc) is 2.58. The van der Waals surface area contributed by atoms with Crippen LogP contribution in [0.1, 0.15) is 53.5 Å². The number of rotatable bonds is 9. The van der Waals surface area contributed by atoms with Crippen LogP contribution in [0.15, 0.2) is 23.3 Å². The van der Waals surface area contributed by atoms with Crippen LogP contribution in [-0.4, -0.2) is 48.4 Å². The summed E-state index contributed by atoms with van der Waals surface area (Å²) in [4.78, 5) is 20.4. The second-order valence-electron chi connectivity index (χ2n) is 7.58. The van der Waals surface area contributed by atoms with Crippen LogP contribution >= 0.6 is 24.0 Å². The lowest BCUT2D eigenvalue weighted by atomic mass is 10.2. The van der Waals surface area contributed by atoms with Gasteiger partial charge in [0.2, 0.25) is 5.88 Å². The smallest absolute Gasteiger partial charge is 0.407 e. The molecule has 0 aliphatic rings. The molecular weight excluding hydrogens is 485 g/mol. The van der Waals surface area contributed by atoms with E-state index in [2.05, 4.69) is 25.9 Å². The second kappa shape index (κ2) is 14.2. The number of ether oxygens (including phenoxy) is 2. The lowest BCUT2D eigenvalue weighted by Crippen LogP contribution is -2.39. The Labute approximate surface area is 191 Å².